The number of carbonyl (C=O) groups excluding carboxylic acids is 3. The number of carbonyl (C=O) groups is 3. The summed E-state index contributed by atoms with van der Waals surface area (Å²) in [6, 6.07) is 4.38. The van der Waals surface area contributed by atoms with E-state index in [1.54, 1.807) is 12.1 Å². The van der Waals surface area contributed by atoms with Crippen LogP contribution in [0.15, 0.2) is 18.2 Å². The van der Waals surface area contributed by atoms with Crippen molar-refractivity contribution in [2.24, 2.45) is 5.92 Å². The quantitative estimate of drug-likeness (QED) is 0.768. The lowest BCUT2D eigenvalue weighted by atomic mass is 9.99. The number of amides is 3. The van der Waals surface area contributed by atoms with Crippen molar-refractivity contribution in [1.29, 1.82) is 0 Å². The average molecular weight is 386 g/mol. The summed E-state index contributed by atoms with van der Waals surface area (Å²) in [5, 5.41) is 11.8. The first-order valence-corrected chi connectivity index (χ1v) is 9.84. The molecule has 1 aliphatic rings. The third-order valence-electron chi connectivity index (χ3n) is 5.04. The number of anilines is 1. The molecule has 0 spiro atoms. The van der Waals surface area contributed by atoms with Gasteiger partial charge in [0.05, 0.1) is 11.1 Å². The number of nitrogens with zero attached hydrogens (tertiary/aromatic N) is 3. The predicted octanol–water partition coefficient (Wildman–Crippen LogP) is 3.38. The standard InChI is InChI=1S/C19H22N4O3S/c1-5-10(3)11(4)23-17(25)13-8-7-12(9-14(13)18(23)26)16(24)20-19-22-21-15(6-2)27-19/h7-11H,5-6H2,1-4H3,(H,20,22,24). The number of fused-ring (bicyclic) bond motifs is 1. The van der Waals surface area contributed by atoms with Gasteiger partial charge in [0.2, 0.25) is 5.13 Å². The van der Waals surface area contributed by atoms with Crippen molar-refractivity contribution in [1.82, 2.24) is 15.1 Å². The van der Waals surface area contributed by atoms with Gasteiger partial charge >= 0.3 is 0 Å². The number of rotatable bonds is 6. The highest BCUT2D eigenvalue weighted by molar-refractivity contribution is 7.15. The molecule has 2 aromatic rings. The highest BCUT2D eigenvalue weighted by Crippen LogP contribution is 2.29. The molecule has 8 heteroatoms. The predicted molar refractivity (Wildman–Crippen MR) is 103 cm³/mol. The molecular weight excluding hydrogens is 364 g/mol. The van der Waals surface area contributed by atoms with Crippen LogP contribution in [0.25, 0.3) is 0 Å². The fraction of sp³-hybridized carbons (Fsp3) is 0.421. The molecule has 1 aromatic heterocycles. The van der Waals surface area contributed by atoms with Gasteiger partial charge in [-0.3, -0.25) is 24.6 Å². The number of hydrogen-bond donors (Lipinski definition) is 1. The van der Waals surface area contributed by atoms with Crippen molar-refractivity contribution in [2.45, 2.75) is 46.6 Å². The van der Waals surface area contributed by atoms with Gasteiger partial charge in [-0.25, -0.2) is 0 Å². The molecule has 2 heterocycles. The van der Waals surface area contributed by atoms with Crippen molar-refractivity contribution in [3.8, 4) is 0 Å². The summed E-state index contributed by atoms with van der Waals surface area (Å²) < 4.78 is 0. The van der Waals surface area contributed by atoms with Gasteiger partial charge in [0.1, 0.15) is 5.01 Å². The van der Waals surface area contributed by atoms with Crippen molar-refractivity contribution in [3.05, 3.63) is 39.9 Å². The summed E-state index contributed by atoms with van der Waals surface area (Å²) >= 11 is 1.31. The second-order valence-corrected chi connectivity index (χ2v) is 7.74. The Hall–Kier alpha value is -2.61. The zero-order chi connectivity index (χ0) is 19.7. The molecule has 0 saturated carbocycles. The number of nitrogens with one attached hydrogen (secondary N) is 1. The molecule has 27 heavy (non-hydrogen) atoms. The third kappa shape index (κ3) is 3.49. The van der Waals surface area contributed by atoms with Crippen LogP contribution in [0.4, 0.5) is 5.13 Å². The molecule has 1 N–H and O–H groups in total. The minimum absolute atomic E-state index is 0.195. The number of hydrogen-bond acceptors (Lipinski definition) is 6. The molecule has 0 radical (unpaired) electrons. The van der Waals surface area contributed by atoms with Crippen LogP contribution in [0.3, 0.4) is 0 Å². The van der Waals surface area contributed by atoms with E-state index in [1.165, 1.54) is 22.3 Å². The molecule has 1 aliphatic heterocycles. The Kier molecular flexibility index (Phi) is 5.36. The summed E-state index contributed by atoms with van der Waals surface area (Å²) in [4.78, 5) is 39.3. The lowest BCUT2D eigenvalue weighted by Crippen LogP contribution is -2.41. The zero-order valence-electron chi connectivity index (χ0n) is 15.8. The Labute approximate surface area is 161 Å². The largest absolute Gasteiger partial charge is 0.296 e. The zero-order valence-corrected chi connectivity index (χ0v) is 16.6. The van der Waals surface area contributed by atoms with Crippen LogP contribution in [0.1, 0.15) is 70.2 Å². The van der Waals surface area contributed by atoms with E-state index in [4.69, 9.17) is 0 Å². The van der Waals surface area contributed by atoms with Gasteiger partial charge in [0, 0.05) is 11.6 Å². The molecule has 0 aliphatic carbocycles. The first kappa shape index (κ1) is 19.2. The van der Waals surface area contributed by atoms with Gasteiger partial charge in [0.25, 0.3) is 17.7 Å². The fourth-order valence-corrected chi connectivity index (χ4v) is 3.66. The van der Waals surface area contributed by atoms with Crippen molar-refractivity contribution in [2.75, 3.05) is 5.32 Å². The van der Waals surface area contributed by atoms with Crippen LogP contribution in [-0.2, 0) is 6.42 Å². The Morgan fingerprint density at radius 2 is 1.85 bits per heavy atom. The summed E-state index contributed by atoms with van der Waals surface area (Å²) in [5.74, 6) is -0.835. The maximum Gasteiger partial charge on any atom is 0.261 e. The number of imide groups is 1. The Balaban J connectivity index is 1.84. The smallest absolute Gasteiger partial charge is 0.261 e. The lowest BCUT2D eigenvalue weighted by molar-refractivity contribution is 0.0550. The van der Waals surface area contributed by atoms with Crippen LogP contribution in [0.2, 0.25) is 0 Å². The molecule has 3 amide bonds. The number of benzene rings is 1. The molecule has 0 bridgehead atoms. The van der Waals surface area contributed by atoms with Gasteiger partial charge in [-0.15, -0.1) is 10.2 Å². The van der Waals surface area contributed by atoms with Crippen LogP contribution < -0.4 is 5.32 Å². The highest BCUT2D eigenvalue weighted by Gasteiger charge is 2.40. The van der Waals surface area contributed by atoms with Gasteiger partial charge in [-0.1, -0.05) is 38.5 Å². The summed E-state index contributed by atoms with van der Waals surface area (Å²) in [6.45, 7) is 7.88. The lowest BCUT2D eigenvalue weighted by Gasteiger charge is -2.27. The average Bonchev–Trinajstić information content (AvgIpc) is 3.23. The van der Waals surface area contributed by atoms with Gasteiger partial charge in [-0.2, -0.15) is 0 Å². The molecule has 0 saturated heterocycles. The van der Waals surface area contributed by atoms with Crippen molar-refractivity contribution < 1.29 is 14.4 Å². The van der Waals surface area contributed by atoms with Crippen LogP contribution in [-0.4, -0.2) is 38.9 Å². The molecule has 0 fully saturated rings. The van der Waals surface area contributed by atoms with E-state index in [0.29, 0.717) is 16.3 Å². The Bertz CT molecular complexity index is 908. The maximum absolute atomic E-state index is 12.8. The topological polar surface area (TPSA) is 92.3 Å². The number of aromatic nitrogens is 2. The van der Waals surface area contributed by atoms with E-state index in [1.807, 2.05) is 27.7 Å². The molecule has 7 nitrogen and oxygen atoms in total. The minimum Gasteiger partial charge on any atom is -0.296 e. The monoisotopic (exact) mass is 386 g/mol. The molecule has 3 rings (SSSR count). The first-order valence-electron chi connectivity index (χ1n) is 9.03. The minimum atomic E-state index is -0.384. The molecule has 2 atom stereocenters. The Morgan fingerprint density at radius 1 is 1.15 bits per heavy atom. The second-order valence-electron chi connectivity index (χ2n) is 6.68. The number of aryl methyl sites for hydroxylation is 1. The van der Waals surface area contributed by atoms with E-state index in [9.17, 15) is 14.4 Å². The van der Waals surface area contributed by atoms with E-state index >= 15 is 0 Å². The van der Waals surface area contributed by atoms with Gasteiger partial charge in [0.15, 0.2) is 0 Å². The van der Waals surface area contributed by atoms with E-state index < -0.39 is 0 Å². The fourth-order valence-electron chi connectivity index (χ4n) is 2.98. The summed E-state index contributed by atoms with van der Waals surface area (Å²) in [7, 11) is 0. The van der Waals surface area contributed by atoms with Gasteiger partial charge < -0.3 is 0 Å². The van der Waals surface area contributed by atoms with Crippen molar-refractivity contribution >= 4 is 34.2 Å². The molecule has 2 unspecified atom stereocenters. The van der Waals surface area contributed by atoms with Crippen LogP contribution >= 0.6 is 11.3 Å². The van der Waals surface area contributed by atoms with E-state index in [0.717, 1.165) is 17.8 Å². The SMILES string of the molecule is CCc1nnc(NC(=O)c2ccc3c(c2)C(=O)N(C(C)C(C)CC)C3=O)s1. The maximum atomic E-state index is 12.8. The Morgan fingerprint density at radius 3 is 2.48 bits per heavy atom. The summed E-state index contributed by atoms with van der Waals surface area (Å²) in [6.07, 6.45) is 1.61. The van der Waals surface area contributed by atoms with E-state index in [2.05, 4.69) is 15.5 Å². The third-order valence-corrected chi connectivity index (χ3v) is 6.03. The molecule has 1 aromatic carbocycles. The molecule has 142 valence electrons. The van der Waals surface area contributed by atoms with E-state index in [-0.39, 0.29) is 35.2 Å². The van der Waals surface area contributed by atoms with Crippen LogP contribution in [0.5, 0.6) is 0 Å². The van der Waals surface area contributed by atoms with Gasteiger partial charge in [-0.05, 0) is 37.5 Å². The highest BCUT2D eigenvalue weighted by atomic mass is 32.1. The second kappa shape index (κ2) is 7.56. The van der Waals surface area contributed by atoms with Crippen molar-refractivity contribution in [3.63, 3.8) is 0 Å². The molecular formula is C19H22N4O3S. The first-order chi connectivity index (χ1) is 12.9. The summed E-state index contributed by atoms with van der Waals surface area (Å²) in [5.41, 5.74) is 0.923. The van der Waals surface area contributed by atoms with Crippen LogP contribution in [0, 0.1) is 5.92 Å². The normalized spacial score (nSPS) is 15.6.